The number of nitrogens with zero attached hydrogens (tertiary/aromatic N) is 4. The maximum Gasteiger partial charge on any atom is 0.353 e. The van der Waals surface area contributed by atoms with Crippen molar-refractivity contribution in [2.75, 3.05) is 36.2 Å². The maximum absolute atomic E-state index is 12.2. The molecule has 1 fully saturated rings. The molecule has 1 saturated heterocycles. The molecule has 0 bridgehead atoms. The van der Waals surface area contributed by atoms with Gasteiger partial charge in [0, 0.05) is 49.5 Å². The van der Waals surface area contributed by atoms with Gasteiger partial charge in [-0.25, -0.2) is 8.42 Å². The topological polar surface area (TPSA) is 171 Å². The summed E-state index contributed by atoms with van der Waals surface area (Å²) in [5.74, 6) is -1.09. The molecule has 12 nitrogen and oxygen atoms in total. The van der Waals surface area contributed by atoms with Crippen LogP contribution in [0.2, 0.25) is 5.02 Å². The lowest BCUT2D eigenvalue weighted by Gasteiger charge is -2.39. The minimum Gasteiger partial charge on any atom is -0.367 e. The summed E-state index contributed by atoms with van der Waals surface area (Å²) in [6.07, 6.45) is 1.23. The summed E-state index contributed by atoms with van der Waals surface area (Å²) >= 11 is 5.89. The molecule has 3 rings (SSSR count). The van der Waals surface area contributed by atoms with Crippen LogP contribution < -0.4 is 16.0 Å². The van der Waals surface area contributed by atoms with Crippen LogP contribution in [0.5, 0.6) is 0 Å². The van der Waals surface area contributed by atoms with Gasteiger partial charge in [-0.15, -0.1) is 0 Å². The van der Waals surface area contributed by atoms with Gasteiger partial charge in [0.05, 0.1) is 4.92 Å². The minimum atomic E-state index is -3.90. The number of nitrogens with one attached hydrogen (secondary N) is 1. The molecule has 0 radical (unpaired) electrons. The third-order valence-corrected chi connectivity index (χ3v) is 6.30. The van der Waals surface area contributed by atoms with Crippen molar-refractivity contribution in [2.45, 2.75) is 30.5 Å². The Balaban J connectivity index is 2.07. The van der Waals surface area contributed by atoms with E-state index >= 15 is 0 Å². The zero-order valence-corrected chi connectivity index (χ0v) is 19.5. The van der Waals surface area contributed by atoms with Gasteiger partial charge < -0.3 is 20.7 Å². The second kappa shape index (κ2) is 9.45. The van der Waals surface area contributed by atoms with Gasteiger partial charge in [-0.05, 0) is 31.2 Å². The highest BCUT2D eigenvalue weighted by atomic mass is 35.5. The fraction of sp³-hybridized carbons (Fsp3) is 0.421. The van der Waals surface area contributed by atoms with Crippen molar-refractivity contribution < 1.29 is 22.9 Å². The van der Waals surface area contributed by atoms with E-state index in [-0.39, 0.29) is 44.2 Å². The monoisotopic (exact) mass is 498 g/mol. The number of halogens is 1. The fourth-order valence-corrected chi connectivity index (χ4v) is 4.19. The molecular weight excluding hydrogens is 476 g/mol. The largest absolute Gasteiger partial charge is 0.367 e. The molecule has 1 aliphatic rings. The summed E-state index contributed by atoms with van der Waals surface area (Å²) in [6.45, 7) is 2.26. The second-order valence-corrected chi connectivity index (χ2v) is 9.81. The van der Waals surface area contributed by atoms with E-state index in [0.717, 1.165) is 6.26 Å². The van der Waals surface area contributed by atoms with Crippen LogP contribution in [0.4, 0.5) is 23.0 Å². The van der Waals surface area contributed by atoms with Gasteiger partial charge in [-0.1, -0.05) is 11.6 Å². The van der Waals surface area contributed by atoms with Gasteiger partial charge >= 0.3 is 5.69 Å². The number of benzene rings is 1. The van der Waals surface area contributed by atoms with Crippen LogP contribution >= 0.6 is 11.6 Å². The van der Waals surface area contributed by atoms with Crippen LogP contribution in [-0.2, 0) is 19.4 Å². The van der Waals surface area contributed by atoms with Crippen LogP contribution in [0, 0.1) is 10.1 Å². The van der Waals surface area contributed by atoms with Gasteiger partial charge in [0.15, 0.2) is 0 Å². The predicted molar refractivity (Wildman–Crippen MR) is 122 cm³/mol. The number of amides is 1. The van der Waals surface area contributed by atoms with Crippen LogP contribution in [0.15, 0.2) is 29.4 Å². The van der Waals surface area contributed by atoms with Gasteiger partial charge in [-0.2, -0.15) is 9.97 Å². The van der Waals surface area contributed by atoms with Crippen molar-refractivity contribution in [3.05, 3.63) is 39.4 Å². The first-order valence-electron chi connectivity index (χ1n) is 9.95. The molecular formula is C19H23ClN6O6S. The van der Waals surface area contributed by atoms with E-state index in [1.165, 1.54) is 4.90 Å². The summed E-state index contributed by atoms with van der Waals surface area (Å²) in [7, 11) is -3.90. The van der Waals surface area contributed by atoms with Gasteiger partial charge in [-0.3, -0.25) is 14.9 Å². The SMILES string of the molecule is CCOC1(C(N)=O)CCN(c2nc(S(C)(=O)=O)nc(Nc3ccc(Cl)cc3)c2[N+](=O)[O-])CC1. The molecule has 0 unspecified atom stereocenters. The summed E-state index contributed by atoms with van der Waals surface area (Å²) in [4.78, 5) is 32.8. The first-order chi connectivity index (χ1) is 15.5. The summed E-state index contributed by atoms with van der Waals surface area (Å²) in [6, 6.07) is 6.27. The Hall–Kier alpha value is -3.03. The number of aromatic nitrogens is 2. The molecule has 3 N–H and O–H groups in total. The molecule has 1 amide bonds. The van der Waals surface area contributed by atoms with Gasteiger partial charge in [0.2, 0.25) is 27.4 Å². The molecule has 0 aliphatic carbocycles. The number of ether oxygens (including phenoxy) is 1. The normalized spacial score (nSPS) is 15.8. The lowest BCUT2D eigenvalue weighted by Crippen LogP contribution is -2.54. The molecule has 14 heteroatoms. The van der Waals surface area contributed by atoms with E-state index in [1.807, 2.05) is 0 Å². The van der Waals surface area contributed by atoms with Crippen LogP contribution in [-0.4, -0.2) is 60.8 Å². The number of piperidine rings is 1. The number of hydrogen-bond donors (Lipinski definition) is 2. The third kappa shape index (κ3) is 5.31. The van der Waals surface area contributed by atoms with E-state index in [0.29, 0.717) is 10.7 Å². The number of rotatable bonds is 8. The average Bonchev–Trinajstić information content (AvgIpc) is 2.74. The quantitative estimate of drug-likeness (QED) is 0.311. The number of anilines is 3. The maximum atomic E-state index is 12.2. The Labute approximate surface area is 195 Å². The van der Waals surface area contributed by atoms with E-state index in [4.69, 9.17) is 22.1 Å². The minimum absolute atomic E-state index is 0.129. The summed E-state index contributed by atoms with van der Waals surface area (Å²) in [5.41, 5.74) is 4.25. The number of hydrogen-bond acceptors (Lipinski definition) is 10. The molecule has 1 aromatic heterocycles. The third-order valence-electron chi connectivity index (χ3n) is 5.21. The number of sulfone groups is 1. The van der Waals surface area contributed by atoms with Crippen molar-refractivity contribution in [3.8, 4) is 0 Å². The van der Waals surface area contributed by atoms with Crippen molar-refractivity contribution in [2.24, 2.45) is 5.73 Å². The zero-order valence-electron chi connectivity index (χ0n) is 17.9. The lowest BCUT2D eigenvalue weighted by molar-refractivity contribution is -0.383. The number of nitrogens with two attached hydrogens (primary N) is 1. The molecule has 0 saturated carbocycles. The van der Waals surface area contributed by atoms with Crippen molar-refractivity contribution in [3.63, 3.8) is 0 Å². The molecule has 0 atom stereocenters. The summed E-state index contributed by atoms with van der Waals surface area (Å²) in [5, 5.41) is 14.7. The first kappa shape index (κ1) is 24.6. The Morgan fingerprint density at radius 2 is 1.91 bits per heavy atom. The predicted octanol–water partition coefficient (Wildman–Crippen LogP) is 2.05. The molecule has 1 aromatic carbocycles. The number of carbonyl (C=O) groups is 1. The molecule has 1 aliphatic heterocycles. The fourth-order valence-electron chi connectivity index (χ4n) is 3.55. The number of carbonyl (C=O) groups excluding carboxylic acids is 1. The zero-order chi connectivity index (χ0) is 24.4. The molecule has 2 aromatic rings. The molecule has 2 heterocycles. The second-order valence-electron chi connectivity index (χ2n) is 7.47. The lowest BCUT2D eigenvalue weighted by atomic mass is 9.90. The first-order valence-corrected chi connectivity index (χ1v) is 12.2. The Bertz CT molecular complexity index is 1170. The average molecular weight is 499 g/mol. The van der Waals surface area contributed by atoms with E-state index in [2.05, 4.69) is 15.3 Å². The standard InChI is InChI=1S/C19H23ClN6O6S/c1-3-32-19(17(21)27)8-10-25(11-9-19)16-14(26(28)29)15(23-18(24-16)33(2,30)31)22-13-6-4-12(20)5-7-13/h4-7H,3,8-11H2,1-2H3,(H2,21,27)(H,22,23,24). The highest BCUT2D eigenvalue weighted by Gasteiger charge is 2.43. The Morgan fingerprint density at radius 3 is 2.39 bits per heavy atom. The Morgan fingerprint density at radius 1 is 1.30 bits per heavy atom. The smallest absolute Gasteiger partial charge is 0.353 e. The van der Waals surface area contributed by atoms with Crippen molar-refractivity contribution in [1.29, 1.82) is 0 Å². The van der Waals surface area contributed by atoms with Gasteiger partial charge in [0.25, 0.3) is 5.16 Å². The number of nitro groups is 1. The van der Waals surface area contributed by atoms with Crippen molar-refractivity contribution >= 4 is 50.4 Å². The molecule has 178 valence electrons. The molecule has 0 spiro atoms. The van der Waals surface area contributed by atoms with Crippen LogP contribution in [0.1, 0.15) is 19.8 Å². The van der Waals surface area contributed by atoms with E-state index in [9.17, 15) is 23.3 Å². The van der Waals surface area contributed by atoms with Gasteiger partial charge in [0.1, 0.15) is 5.60 Å². The molecule has 33 heavy (non-hydrogen) atoms. The van der Waals surface area contributed by atoms with Crippen LogP contribution in [0.25, 0.3) is 0 Å². The van der Waals surface area contributed by atoms with Crippen molar-refractivity contribution in [1.82, 2.24) is 9.97 Å². The van der Waals surface area contributed by atoms with E-state index in [1.54, 1.807) is 31.2 Å². The summed E-state index contributed by atoms with van der Waals surface area (Å²) < 4.78 is 30.1. The van der Waals surface area contributed by atoms with E-state index < -0.39 is 37.1 Å². The highest BCUT2D eigenvalue weighted by molar-refractivity contribution is 7.90. The Kier molecular flexibility index (Phi) is 7.05. The van der Waals surface area contributed by atoms with Crippen LogP contribution in [0.3, 0.4) is 0 Å². The highest BCUT2D eigenvalue weighted by Crippen LogP contribution is 2.38. The number of primary amides is 1.